The van der Waals surface area contributed by atoms with E-state index in [0.29, 0.717) is 19.4 Å². The van der Waals surface area contributed by atoms with E-state index >= 15 is 0 Å². The summed E-state index contributed by atoms with van der Waals surface area (Å²) >= 11 is 0. The molecule has 10 nitrogen and oxygen atoms in total. The number of carbonyl (C=O) groups is 4. The van der Waals surface area contributed by atoms with E-state index in [-0.39, 0.29) is 12.8 Å². The van der Waals surface area contributed by atoms with Gasteiger partial charge < -0.3 is 32.3 Å². The fraction of sp³-hybridized carbons (Fsp3) is 0.500. The molecule has 2 amide bonds. The third-order valence-corrected chi connectivity index (χ3v) is 4.48. The Morgan fingerprint density at radius 2 is 1.53 bits per heavy atom. The van der Waals surface area contributed by atoms with Crippen molar-refractivity contribution in [3.8, 4) is 0 Å². The lowest BCUT2D eigenvalue weighted by atomic mass is 10.0. The first-order valence-corrected chi connectivity index (χ1v) is 9.79. The molecule has 30 heavy (non-hydrogen) atoms. The minimum Gasteiger partial charge on any atom is -0.481 e. The molecule has 0 fully saturated rings. The van der Waals surface area contributed by atoms with Gasteiger partial charge in [-0.15, -0.1) is 0 Å². The lowest BCUT2D eigenvalue weighted by molar-refractivity contribution is -0.143. The Hall–Kier alpha value is -2.98. The molecular formula is C20H30N4O6. The summed E-state index contributed by atoms with van der Waals surface area (Å²) < 4.78 is 0. The van der Waals surface area contributed by atoms with E-state index in [1.807, 2.05) is 0 Å². The van der Waals surface area contributed by atoms with Gasteiger partial charge in [-0.3, -0.25) is 14.4 Å². The number of nitrogens with two attached hydrogens (primary N) is 2. The second kappa shape index (κ2) is 13.3. The second-order valence-corrected chi connectivity index (χ2v) is 6.97. The van der Waals surface area contributed by atoms with Crippen molar-refractivity contribution in [2.45, 2.75) is 56.7 Å². The van der Waals surface area contributed by atoms with Crippen molar-refractivity contribution in [2.75, 3.05) is 6.54 Å². The van der Waals surface area contributed by atoms with E-state index in [1.165, 1.54) is 0 Å². The van der Waals surface area contributed by atoms with Crippen molar-refractivity contribution < 1.29 is 29.4 Å². The molecule has 1 aromatic carbocycles. The van der Waals surface area contributed by atoms with Crippen molar-refractivity contribution in [1.29, 1.82) is 0 Å². The summed E-state index contributed by atoms with van der Waals surface area (Å²) in [7, 11) is 0. The Balaban J connectivity index is 2.87. The zero-order valence-electron chi connectivity index (χ0n) is 16.8. The standard InChI is InChI=1S/C20H30N4O6/c21-11-5-4-8-14(22)18(27)24-16(12-13-6-2-1-3-7-13)19(28)23-15(20(29)30)9-10-17(25)26/h1-3,6-7,14-16H,4-5,8-12,21-22H2,(H,23,28)(H,24,27)(H,25,26)(H,29,30)/t14-,15-,16-/m0/s1. The highest BCUT2D eigenvalue weighted by atomic mass is 16.4. The molecule has 3 atom stereocenters. The maximum Gasteiger partial charge on any atom is 0.326 e. The molecule has 0 aliphatic heterocycles. The molecule has 0 aromatic heterocycles. The monoisotopic (exact) mass is 422 g/mol. The van der Waals surface area contributed by atoms with Gasteiger partial charge in [0, 0.05) is 12.8 Å². The van der Waals surface area contributed by atoms with Crippen LogP contribution in [0.25, 0.3) is 0 Å². The maximum atomic E-state index is 12.7. The van der Waals surface area contributed by atoms with Crippen LogP contribution in [-0.2, 0) is 25.6 Å². The minimum absolute atomic E-state index is 0.124. The van der Waals surface area contributed by atoms with Crippen LogP contribution in [0.1, 0.15) is 37.7 Å². The number of hydrogen-bond acceptors (Lipinski definition) is 6. The molecule has 1 rings (SSSR count). The number of aliphatic carboxylic acids is 2. The van der Waals surface area contributed by atoms with Gasteiger partial charge in [0.15, 0.2) is 0 Å². The lowest BCUT2D eigenvalue weighted by Gasteiger charge is -2.23. The van der Waals surface area contributed by atoms with E-state index in [1.54, 1.807) is 30.3 Å². The maximum absolute atomic E-state index is 12.7. The second-order valence-electron chi connectivity index (χ2n) is 6.97. The third-order valence-electron chi connectivity index (χ3n) is 4.48. The number of carbonyl (C=O) groups excluding carboxylic acids is 2. The number of hydrogen-bond donors (Lipinski definition) is 6. The van der Waals surface area contributed by atoms with Gasteiger partial charge in [0.1, 0.15) is 12.1 Å². The van der Waals surface area contributed by atoms with Gasteiger partial charge in [0.2, 0.25) is 11.8 Å². The van der Waals surface area contributed by atoms with Gasteiger partial charge in [0.25, 0.3) is 0 Å². The molecule has 0 saturated heterocycles. The number of benzene rings is 1. The van der Waals surface area contributed by atoms with Crippen molar-refractivity contribution in [3.63, 3.8) is 0 Å². The molecule has 0 unspecified atom stereocenters. The lowest BCUT2D eigenvalue weighted by Crippen LogP contribution is -2.55. The van der Waals surface area contributed by atoms with Crippen molar-refractivity contribution in [1.82, 2.24) is 10.6 Å². The van der Waals surface area contributed by atoms with Crippen LogP contribution in [0.5, 0.6) is 0 Å². The van der Waals surface area contributed by atoms with Gasteiger partial charge in [0.05, 0.1) is 6.04 Å². The quantitative estimate of drug-likeness (QED) is 0.219. The number of amides is 2. The Morgan fingerprint density at radius 1 is 0.900 bits per heavy atom. The first-order valence-electron chi connectivity index (χ1n) is 9.79. The molecule has 10 heteroatoms. The zero-order chi connectivity index (χ0) is 22.5. The third kappa shape index (κ3) is 9.48. The Morgan fingerprint density at radius 3 is 2.10 bits per heavy atom. The molecular weight excluding hydrogens is 392 g/mol. The first kappa shape index (κ1) is 25.1. The van der Waals surface area contributed by atoms with Crippen molar-refractivity contribution in [3.05, 3.63) is 35.9 Å². The van der Waals surface area contributed by atoms with Gasteiger partial charge in [-0.2, -0.15) is 0 Å². The van der Waals surface area contributed by atoms with Gasteiger partial charge in [-0.25, -0.2) is 4.79 Å². The van der Waals surface area contributed by atoms with E-state index < -0.39 is 48.3 Å². The summed E-state index contributed by atoms with van der Waals surface area (Å²) in [5.74, 6) is -3.78. The first-order chi connectivity index (χ1) is 14.2. The van der Waals surface area contributed by atoms with Gasteiger partial charge in [-0.05, 0) is 31.4 Å². The van der Waals surface area contributed by atoms with Crippen LogP contribution < -0.4 is 22.1 Å². The van der Waals surface area contributed by atoms with E-state index in [9.17, 15) is 24.3 Å². The van der Waals surface area contributed by atoms with E-state index in [4.69, 9.17) is 16.6 Å². The van der Waals surface area contributed by atoms with Gasteiger partial charge >= 0.3 is 11.9 Å². The van der Waals surface area contributed by atoms with Crippen LogP contribution in [-0.4, -0.2) is 58.6 Å². The predicted octanol–water partition coefficient (Wildman–Crippen LogP) is -0.396. The number of carboxylic acid groups (broad SMARTS) is 2. The van der Waals surface area contributed by atoms with Crippen molar-refractivity contribution >= 4 is 23.8 Å². The summed E-state index contributed by atoms with van der Waals surface area (Å²) in [6, 6.07) is 5.62. The summed E-state index contributed by atoms with van der Waals surface area (Å²) in [4.78, 5) is 47.3. The predicted molar refractivity (Wildman–Crippen MR) is 109 cm³/mol. The van der Waals surface area contributed by atoms with Crippen LogP contribution in [0.2, 0.25) is 0 Å². The SMILES string of the molecule is NCCCC[C@H](N)C(=O)N[C@@H](Cc1ccccc1)C(=O)N[C@@H](CCC(=O)O)C(=O)O. The molecule has 0 heterocycles. The summed E-state index contributed by atoms with van der Waals surface area (Å²) in [6.07, 6.45) is 1.22. The highest BCUT2D eigenvalue weighted by Crippen LogP contribution is 2.07. The fourth-order valence-electron chi connectivity index (χ4n) is 2.78. The minimum atomic E-state index is -1.39. The number of unbranched alkanes of at least 4 members (excludes halogenated alkanes) is 1. The average molecular weight is 422 g/mol. The van der Waals surface area contributed by atoms with Crippen LogP contribution >= 0.6 is 0 Å². The summed E-state index contributed by atoms with van der Waals surface area (Å²) in [5.41, 5.74) is 12.1. The molecule has 0 aliphatic carbocycles. The molecule has 1 aromatic rings. The highest BCUT2D eigenvalue weighted by Gasteiger charge is 2.28. The molecule has 0 radical (unpaired) electrons. The van der Waals surface area contributed by atoms with Gasteiger partial charge in [-0.1, -0.05) is 36.8 Å². The van der Waals surface area contributed by atoms with Crippen LogP contribution in [0.15, 0.2) is 30.3 Å². The Bertz CT molecular complexity index is 713. The smallest absolute Gasteiger partial charge is 0.326 e. The fourth-order valence-corrected chi connectivity index (χ4v) is 2.78. The topological polar surface area (TPSA) is 185 Å². The largest absolute Gasteiger partial charge is 0.481 e. The van der Waals surface area contributed by atoms with E-state index in [0.717, 1.165) is 12.0 Å². The van der Waals surface area contributed by atoms with Crippen LogP contribution in [0.4, 0.5) is 0 Å². The molecule has 0 spiro atoms. The van der Waals surface area contributed by atoms with Crippen molar-refractivity contribution in [2.24, 2.45) is 11.5 Å². The Labute approximate surface area is 175 Å². The number of carboxylic acids is 2. The molecule has 0 bridgehead atoms. The molecule has 8 N–H and O–H groups in total. The normalized spacial score (nSPS) is 13.7. The van der Waals surface area contributed by atoms with E-state index in [2.05, 4.69) is 10.6 Å². The Kier molecular flexibility index (Phi) is 11.1. The average Bonchev–Trinajstić information content (AvgIpc) is 2.70. The molecule has 0 aliphatic rings. The van der Waals surface area contributed by atoms with Crippen LogP contribution in [0.3, 0.4) is 0 Å². The summed E-state index contributed by atoms with van der Waals surface area (Å²) in [6.45, 7) is 0.486. The number of rotatable bonds is 14. The molecule has 0 saturated carbocycles. The zero-order valence-corrected chi connectivity index (χ0v) is 16.8. The number of nitrogens with one attached hydrogen (secondary N) is 2. The molecule has 166 valence electrons. The highest BCUT2D eigenvalue weighted by molar-refractivity contribution is 5.92. The van der Waals surface area contributed by atoms with Crippen LogP contribution in [0, 0.1) is 0 Å². The summed E-state index contributed by atoms with van der Waals surface area (Å²) in [5, 5.41) is 22.9.